The number of Topliss-reactive ketones (excluding diaryl/α,β-unsaturated/α-hetero) is 1. The molecule has 0 bridgehead atoms. The lowest BCUT2D eigenvalue weighted by atomic mass is 9.69. The molecule has 0 saturated carbocycles. The fraction of sp³-hybridized carbons (Fsp3) is 0.240. The van der Waals surface area contributed by atoms with Crippen LogP contribution in [0.1, 0.15) is 27.4 Å². The molecule has 1 amide bonds. The number of rotatable bonds is 3. The first-order chi connectivity index (χ1) is 16.0. The molecular weight excluding hydrogens is 477 g/mol. The number of benzene rings is 2. The number of pyridine rings is 1. The molecule has 2 aromatic carbocycles. The number of hydrogen-bond donors (Lipinski definition) is 1. The second kappa shape index (κ2) is 7.84. The molecule has 0 aliphatic carbocycles. The van der Waals surface area contributed by atoms with E-state index in [2.05, 4.69) is 15.2 Å². The number of aromatic nitrogens is 1. The van der Waals surface area contributed by atoms with Crippen molar-refractivity contribution in [1.82, 2.24) is 9.88 Å². The zero-order valence-corrected chi connectivity index (χ0v) is 19.7. The van der Waals surface area contributed by atoms with E-state index in [0.29, 0.717) is 27.2 Å². The molecule has 0 radical (unpaired) electrons. The van der Waals surface area contributed by atoms with Gasteiger partial charge in [-0.25, -0.2) is 0 Å². The molecule has 8 heteroatoms. The van der Waals surface area contributed by atoms with Crippen LogP contribution in [-0.4, -0.2) is 39.2 Å². The molecule has 4 atom stereocenters. The summed E-state index contributed by atoms with van der Waals surface area (Å²) in [5, 5.41) is 4.22. The van der Waals surface area contributed by atoms with Crippen LogP contribution in [0, 0.1) is 5.92 Å². The van der Waals surface area contributed by atoms with Gasteiger partial charge in [-0.2, -0.15) is 0 Å². The molecule has 0 unspecified atom stereocenters. The number of amides is 1. The van der Waals surface area contributed by atoms with Crippen molar-refractivity contribution in [1.29, 1.82) is 0 Å². The Labute approximate surface area is 205 Å². The van der Waals surface area contributed by atoms with Crippen molar-refractivity contribution in [3.63, 3.8) is 0 Å². The molecule has 2 fully saturated rings. The first-order valence-corrected chi connectivity index (χ1v) is 12.6. The quantitative estimate of drug-likeness (QED) is 0.505. The highest BCUT2D eigenvalue weighted by Gasteiger charge is 2.69. The van der Waals surface area contributed by atoms with Crippen LogP contribution in [0.5, 0.6) is 0 Å². The summed E-state index contributed by atoms with van der Waals surface area (Å²) in [4.78, 5) is 34.5. The number of nitrogens with one attached hydrogen (secondary N) is 1. The lowest BCUT2D eigenvalue weighted by Gasteiger charge is -2.36. The molecule has 3 aromatic rings. The maximum Gasteiger partial charge on any atom is 0.250 e. The fourth-order valence-corrected chi connectivity index (χ4v) is 7.42. The molecule has 1 N–H and O–H groups in total. The number of nitrogens with zero attached hydrogens (tertiary/aromatic N) is 2. The smallest absolute Gasteiger partial charge is 0.250 e. The molecule has 4 heterocycles. The average Bonchev–Trinajstić information content (AvgIpc) is 3.48. The van der Waals surface area contributed by atoms with E-state index in [0.717, 1.165) is 16.9 Å². The van der Waals surface area contributed by atoms with Crippen molar-refractivity contribution in [2.45, 2.75) is 17.5 Å². The summed E-state index contributed by atoms with van der Waals surface area (Å²) >= 11 is 14.4. The van der Waals surface area contributed by atoms with Gasteiger partial charge >= 0.3 is 0 Å². The minimum absolute atomic E-state index is 0.0116. The van der Waals surface area contributed by atoms with Crippen molar-refractivity contribution >= 4 is 52.3 Å². The second-order valence-corrected chi connectivity index (χ2v) is 10.5. The average molecular weight is 496 g/mol. The second-order valence-electron chi connectivity index (χ2n) is 8.61. The van der Waals surface area contributed by atoms with Crippen molar-refractivity contribution in [2.75, 3.05) is 16.9 Å². The van der Waals surface area contributed by atoms with Crippen molar-refractivity contribution < 1.29 is 9.59 Å². The number of fused-ring (bicyclic) bond motifs is 4. The normalized spacial score (nSPS) is 28.1. The van der Waals surface area contributed by atoms with Crippen molar-refractivity contribution in [3.8, 4) is 0 Å². The van der Waals surface area contributed by atoms with Crippen LogP contribution in [0.25, 0.3) is 0 Å². The van der Waals surface area contributed by atoms with E-state index in [1.165, 1.54) is 0 Å². The van der Waals surface area contributed by atoms with Gasteiger partial charge in [0.25, 0.3) is 0 Å². The van der Waals surface area contributed by atoms with Gasteiger partial charge in [-0.15, -0.1) is 11.8 Å². The minimum atomic E-state index is -1.15. The first-order valence-electron chi connectivity index (χ1n) is 10.7. The molecule has 5 nitrogen and oxygen atoms in total. The zero-order chi connectivity index (χ0) is 22.7. The van der Waals surface area contributed by atoms with Gasteiger partial charge in [0.2, 0.25) is 5.91 Å². The molecule has 1 spiro atoms. The van der Waals surface area contributed by atoms with E-state index >= 15 is 0 Å². The Morgan fingerprint density at radius 1 is 1.12 bits per heavy atom. The van der Waals surface area contributed by atoms with Crippen LogP contribution < -0.4 is 5.32 Å². The minimum Gasteiger partial charge on any atom is -0.324 e. The first kappa shape index (κ1) is 21.2. The number of ketones is 1. The van der Waals surface area contributed by atoms with Gasteiger partial charge in [0, 0.05) is 62.8 Å². The molecule has 6 rings (SSSR count). The highest BCUT2D eigenvalue weighted by Crippen LogP contribution is 2.61. The van der Waals surface area contributed by atoms with Gasteiger partial charge in [0.15, 0.2) is 5.78 Å². The maximum absolute atomic E-state index is 14.2. The molecule has 3 aliphatic rings. The largest absolute Gasteiger partial charge is 0.324 e. The molecular formula is C25H19Cl2N3O2S. The summed E-state index contributed by atoms with van der Waals surface area (Å²) in [7, 11) is 0. The number of carbonyl (C=O) groups is 2. The van der Waals surface area contributed by atoms with E-state index in [4.69, 9.17) is 23.2 Å². The van der Waals surface area contributed by atoms with Crippen molar-refractivity contribution in [3.05, 3.63) is 93.7 Å². The van der Waals surface area contributed by atoms with Gasteiger partial charge in [0.1, 0.15) is 5.54 Å². The van der Waals surface area contributed by atoms with Crippen LogP contribution in [0.3, 0.4) is 0 Å². The SMILES string of the molecule is O=C(c1cccnc1)[C@@H]1[C@H](c2ccc(Cl)cc2)[C@H]2CSCN2[C@]12C(=O)Nc1ccc(Cl)cc12. The number of thioether (sulfide) groups is 1. The Morgan fingerprint density at radius 3 is 2.67 bits per heavy atom. The van der Waals surface area contributed by atoms with E-state index in [-0.39, 0.29) is 23.7 Å². The fourth-order valence-electron chi connectivity index (χ4n) is 5.79. The van der Waals surface area contributed by atoms with Gasteiger partial charge in [-0.3, -0.25) is 19.5 Å². The van der Waals surface area contributed by atoms with E-state index in [9.17, 15) is 9.59 Å². The molecule has 33 heavy (non-hydrogen) atoms. The molecule has 1 aromatic heterocycles. The highest BCUT2D eigenvalue weighted by atomic mass is 35.5. The van der Waals surface area contributed by atoms with Crippen LogP contribution >= 0.6 is 35.0 Å². The summed E-state index contributed by atoms with van der Waals surface area (Å²) in [5.41, 5.74) is 1.83. The van der Waals surface area contributed by atoms with Crippen LogP contribution in [0.2, 0.25) is 10.0 Å². The number of anilines is 1. The Balaban J connectivity index is 1.63. The Kier molecular flexibility index (Phi) is 5.03. The summed E-state index contributed by atoms with van der Waals surface area (Å²) < 4.78 is 0. The van der Waals surface area contributed by atoms with Crippen LogP contribution in [0.4, 0.5) is 5.69 Å². The topological polar surface area (TPSA) is 62.3 Å². The standard InChI is InChI=1S/C25H19Cl2N3O2S/c26-16-5-3-14(4-6-16)21-20-12-33-13-30(20)25(22(21)23(31)15-2-1-9-28-11-15)18-10-17(27)7-8-19(18)29-24(25)32/h1-11,20-22H,12-13H2,(H,29,32)/t20-,21-,22+,25+/m1/s1. The monoisotopic (exact) mass is 495 g/mol. The third-order valence-electron chi connectivity index (χ3n) is 7.07. The lowest BCUT2D eigenvalue weighted by molar-refractivity contribution is -0.127. The van der Waals surface area contributed by atoms with Crippen LogP contribution in [0.15, 0.2) is 67.0 Å². The molecule has 3 aliphatic heterocycles. The number of halogens is 2. The summed E-state index contributed by atoms with van der Waals surface area (Å²) in [6.45, 7) is 0. The summed E-state index contributed by atoms with van der Waals surface area (Å²) in [6, 6.07) is 16.6. The van der Waals surface area contributed by atoms with E-state index in [1.54, 1.807) is 42.4 Å². The third-order valence-corrected chi connectivity index (χ3v) is 8.59. The van der Waals surface area contributed by atoms with Crippen molar-refractivity contribution in [2.24, 2.45) is 5.92 Å². The molecule has 166 valence electrons. The lowest BCUT2D eigenvalue weighted by Crippen LogP contribution is -2.52. The maximum atomic E-state index is 14.2. The summed E-state index contributed by atoms with van der Waals surface area (Å²) in [5.74, 6) is 0.380. The van der Waals surface area contributed by atoms with Crippen LogP contribution in [-0.2, 0) is 10.3 Å². The van der Waals surface area contributed by atoms with Gasteiger partial charge < -0.3 is 5.32 Å². The number of hydrogen-bond acceptors (Lipinski definition) is 5. The predicted molar refractivity (Wildman–Crippen MR) is 131 cm³/mol. The zero-order valence-electron chi connectivity index (χ0n) is 17.4. The predicted octanol–water partition coefficient (Wildman–Crippen LogP) is 5.21. The van der Waals surface area contributed by atoms with E-state index < -0.39 is 11.5 Å². The third kappa shape index (κ3) is 3.01. The van der Waals surface area contributed by atoms with Gasteiger partial charge in [0.05, 0.1) is 5.92 Å². The number of carbonyl (C=O) groups excluding carboxylic acids is 2. The van der Waals surface area contributed by atoms with Gasteiger partial charge in [-0.1, -0.05) is 35.3 Å². The van der Waals surface area contributed by atoms with E-state index in [1.807, 2.05) is 36.4 Å². The Bertz CT molecular complexity index is 1270. The van der Waals surface area contributed by atoms with Gasteiger partial charge in [-0.05, 0) is 48.0 Å². The Morgan fingerprint density at radius 2 is 1.91 bits per heavy atom. The highest BCUT2D eigenvalue weighted by molar-refractivity contribution is 7.99. The molecule has 2 saturated heterocycles. The Hall–Kier alpha value is -2.38. The summed E-state index contributed by atoms with van der Waals surface area (Å²) in [6.07, 6.45) is 3.23.